The highest BCUT2D eigenvalue weighted by Crippen LogP contribution is 2.31. The number of hydrogen-bond donors (Lipinski definition) is 0. The molecule has 0 bridgehead atoms. The van der Waals surface area contributed by atoms with Gasteiger partial charge in [0, 0.05) is 6.54 Å². The van der Waals surface area contributed by atoms with Crippen LogP contribution < -0.4 is 0 Å². The summed E-state index contributed by atoms with van der Waals surface area (Å²) < 4.78 is 10.1. The Balaban J connectivity index is 2.43. The molecule has 0 spiro atoms. The average Bonchev–Trinajstić information content (AvgIpc) is 3.10. The van der Waals surface area contributed by atoms with E-state index >= 15 is 0 Å². The highest BCUT2D eigenvalue weighted by Gasteiger charge is 2.53. The van der Waals surface area contributed by atoms with E-state index in [1.54, 1.807) is 25.7 Å². The molecular weight excluding hydrogens is 234 g/mol. The molecule has 5 heteroatoms. The summed E-state index contributed by atoms with van der Waals surface area (Å²) in [5, 5.41) is 0. The Bertz CT molecular complexity index is 314. The van der Waals surface area contributed by atoms with E-state index in [2.05, 4.69) is 0 Å². The quantitative estimate of drug-likeness (QED) is 0.391. The summed E-state index contributed by atoms with van der Waals surface area (Å²) in [7, 11) is 0. The number of unbranched alkanes of at least 4 members (excludes halogenated alkanes) is 1. The minimum atomic E-state index is -0.759. The van der Waals surface area contributed by atoms with E-state index in [9.17, 15) is 9.59 Å². The minimum absolute atomic E-state index is 0.235. The highest BCUT2D eigenvalue weighted by molar-refractivity contribution is 5.85. The second-order valence-corrected chi connectivity index (χ2v) is 4.97. The number of carbonyl (C=O) groups is 2. The molecule has 18 heavy (non-hydrogen) atoms. The number of hydrogen-bond acceptors (Lipinski definition) is 5. The van der Waals surface area contributed by atoms with E-state index in [1.807, 2.05) is 6.92 Å². The number of carbonyl (C=O) groups excluding carboxylic acids is 2. The first kappa shape index (κ1) is 15.0. The number of esters is 2. The van der Waals surface area contributed by atoms with Gasteiger partial charge in [0.05, 0.1) is 13.2 Å². The molecule has 0 saturated carbocycles. The van der Waals surface area contributed by atoms with Crippen LogP contribution in [0.15, 0.2) is 0 Å². The first-order valence-electron chi connectivity index (χ1n) is 6.55. The molecule has 2 atom stereocenters. The van der Waals surface area contributed by atoms with Gasteiger partial charge in [-0.1, -0.05) is 13.3 Å². The van der Waals surface area contributed by atoms with Gasteiger partial charge in [-0.25, -0.2) is 0 Å². The van der Waals surface area contributed by atoms with E-state index in [1.165, 1.54) is 0 Å². The molecule has 0 radical (unpaired) electrons. The van der Waals surface area contributed by atoms with Crippen LogP contribution in [0.3, 0.4) is 0 Å². The fourth-order valence-corrected chi connectivity index (χ4v) is 1.80. The largest absolute Gasteiger partial charge is 0.465 e. The maximum absolute atomic E-state index is 11.8. The zero-order valence-corrected chi connectivity index (χ0v) is 11.7. The lowest BCUT2D eigenvalue weighted by Gasteiger charge is -2.24. The Hall–Kier alpha value is -1.10. The molecule has 0 aliphatic carbocycles. The van der Waals surface area contributed by atoms with Gasteiger partial charge in [0.2, 0.25) is 0 Å². The lowest BCUT2D eigenvalue weighted by molar-refractivity contribution is -0.153. The summed E-state index contributed by atoms with van der Waals surface area (Å²) in [6.45, 7) is 8.72. The fourth-order valence-electron chi connectivity index (χ4n) is 1.80. The van der Waals surface area contributed by atoms with Crippen LogP contribution in [-0.4, -0.2) is 48.2 Å². The zero-order valence-electron chi connectivity index (χ0n) is 11.7. The van der Waals surface area contributed by atoms with Gasteiger partial charge in [0.25, 0.3) is 0 Å². The maximum Gasteiger partial charge on any atom is 0.325 e. The first-order chi connectivity index (χ1) is 8.45. The summed E-state index contributed by atoms with van der Waals surface area (Å²) in [4.78, 5) is 25.3. The van der Waals surface area contributed by atoms with Gasteiger partial charge < -0.3 is 9.47 Å². The van der Waals surface area contributed by atoms with Gasteiger partial charge >= 0.3 is 11.9 Å². The molecule has 2 unspecified atom stereocenters. The molecule has 1 fully saturated rings. The maximum atomic E-state index is 11.8. The van der Waals surface area contributed by atoms with Crippen LogP contribution in [0.4, 0.5) is 0 Å². The molecule has 0 aromatic carbocycles. The third-order valence-electron chi connectivity index (χ3n) is 3.12. The summed E-state index contributed by atoms with van der Waals surface area (Å²) in [6.07, 6.45) is 1.87. The van der Waals surface area contributed by atoms with Crippen LogP contribution in [0.25, 0.3) is 0 Å². The Labute approximate surface area is 108 Å². The SMILES string of the molecule is CCCCOC(=O)C1CN1C(C)(C)C(=O)OCC. The minimum Gasteiger partial charge on any atom is -0.465 e. The molecule has 1 aliphatic heterocycles. The van der Waals surface area contributed by atoms with Crippen LogP contribution >= 0.6 is 0 Å². The molecule has 0 amide bonds. The average molecular weight is 257 g/mol. The smallest absolute Gasteiger partial charge is 0.325 e. The zero-order chi connectivity index (χ0) is 13.8. The number of nitrogens with zero attached hydrogens (tertiary/aromatic N) is 1. The second kappa shape index (κ2) is 6.18. The third-order valence-corrected chi connectivity index (χ3v) is 3.12. The van der Waals surface area contributed by atoms with Crippen LogP contribution in [0.2, 0.25) is 0 Å². The summed E-state index contributed by atoms with van der Waals surface area (Å²) in [6, 6.07) is -0.290. The third kappa shape index (κ3) is 3.45. The molecule has 1 heterocycles. The van der Waals surface area contributed by atoms with Crippen LogP contribution in [0, 0.1) is 0 Å². The van der Waals surface area contributed by atoms with Gasteiger partial charge in [0.15, 0.2) is 0 Å². The Morgan fingerprint density at radius 1 is 1.28 bits per heavy atom. The molecule has 1 saturated heterocycles. The van der Waals surface area contributed by atoms with Crippen molar-refractivity contribution in [2.45, 2.75) is 52.1 Å². The Morgan fingerprint density at radius 3 is 2.50 bits per heavy atom. The van der Waals surface area contributed by atoms with E-state index < -0.39 is 5.54 Å². The van der Waals surface area contributed by atoms with Gasteiger partial charge in [-0.3, -0.25) is 14.5 Å². The fraction of sp³-hybridized carbons (Fsp3) is 0.846. The molecular formula is C13H23NO4. The molecule has 1 rings (SSSR count). The van der Waals surface area contributed by atoms with Crippen molar-refractivity contribution in [3.8, 4) is 0 Å². The van der Waals surface area contributed by atoms with Crippen LogP contribution in [0.1, 0.15) is 40.5 Å². The Morgan fingerprint density at radius 2 is 1.94 bits per heavy atom. The lowest BCUT2D eigenvalue weighted by Crippen LogP contribution is -2.43. The summed E-state index contributed by atoms with van der Waals surface area (Å²) in [5.74, 6) is -0.533. The molecule has 0 N–H and O–H groups in total. The van der Waals surface area contributed by atoms with Crippen molar-refractivity contribution in [3.05, 3.63) is 0 Å². The number of rotatable bonds is 7. The number of ether oxygens (including phenoxy) is 2. The molecule has 1 aliphatic rings. The van der Waals surface area contributed by atoms with Crippen LogP contribution in [-0.2, 0) is 19.1 Å². The molecule has 104 valence electrons. The van der Waals surface area contributed by atoms with E-state index in [0.29, 0.717) is 19.8 Å². The van der Waals surface area contributed by atoms with Crippen molar-refractivity contribution in [1.82, 2.24) is 4.90 Å². The summed E-state index contributed by atoms with van der Waals surface area (Å²) in [5.41, 5.74) is -0.759. The van der Waals surface area contributed by atoms with Crippen molar-refractivity contribution in [3.63, 3.8) is 0 Å². The van der Waals surface area contributed by atoms with Crippen LogP contribution in [0.5, 0.6) is 0 Å². The Kier molecular flexibility index (Phi) is 5.14. The predicted molar refractivity (Wildman–Crippen MR) is 67.1 cm³/mol. The van der Waals surface area contributed by atoms with Crippen molar-refractivity contribution in [2.24, 2.45) is 0 Å². The molecule has 0 aromatic heterocycles. The van der Waals surface area contributed by atoms with Crippen molar-refractivity contribution in [2.75, 3.05) is 19.8 Å². The normalized spacial score (nSPS) is 22.4. The highest BCUT2D eigenvalue weighted by atomic mass is 16.5. The van der Waals surface area contributed by atoms with Crippen molar-refractivity contribution in [1.29, 1.82) is 0 Å². The van der Waals surface area contributed by atoms with Gasteiger partial charge in [-0.2, -0.15) is 0 Å². The van der Waals surface area contributed by atoms with Gasteiger partial charge in [-0.15, -0.1) is 0 Å². The lowest BCUT2D eigenvalue weighted by atomic mass is 10.1. The summed E-state index contributed by atoms with van der Waals surface area (Å²) >= 11 is 0. The van der Waals surface area contributed by atoms with Crippen molar-refractivity contribution < 1.29 is 19.1 Å². The monoisotopic (exact) mass is 257 g/mol. The topological polar surface area (TPSA) is 55.6 Å². The van der Waals surface area contributed by atoms with Gasteiger partial charge in [-0.05, 0) is 27.2 Å². The molecule has 5 nitrogen and oxygen atoms in total. The van der Waals surface area contributed by atoms with Crippen molar-refractivity contribution >= 4 is 11.9 Å². The van der Waals surface area contributed by atoms with Gasteiger partial charge in [0.1, 0.15) is 11.6 Å². The predicted octanol–water partition coefficient (Wildman–Crippen LogP) is 1.36. The van der Waals surface area contributed by atoms with E-state index in [-0.39, 0.29) is 18.0 Å². The first-order valence-corrected chi connectivity index (χ1v) is 6.55. The standard InChI is InChI=1S/C13H23NO4/c1-5-7-8-18-11(15)10-9-14(10)13(3,4)12(16)17-6-2/h10H,5-9H2,1-4H3. The second-order valence-electron chi connectivity index (χ2n) is 4.97. The molecule has 0 aromatic rings. The van der Waals surface area contributed by atoms with E-state index in [4.69, 9.17) is 9.47 Å². The van der Waals surface area contributed by atoms with E-state index in [0.717, 1.165) is 12.8 Å².